The predicted molar refractivity (Wildman–Crippen MR) is 63.7 cm³/mol. The minimum Gasteiger partial charge on any atom is -0.369 e. The van der Waals surface area contributed by atoms with Crippen molar-refractivity contribution in [2.45, 2.75) is 18.9 Å². The fourth-order valence-corrected chi connectivity index (χ4v) is 1.61. The summed E-state index contributed by atoms with van der Waals surface area (Å²) in [4.78, 5) is 17.6. The van der Waals surface area contributed by atoms with E-state index in [4.69, 9.17) is 5.73 Å². The molecule has 2 rings (SSSR count). The number of anilines is 1. The van der Waals surface area contributed by atoms with Gasteiger partial charge in [0.05, 0.1) is 5.69 Å². The average Bonchev–Trinajstić information content (AvgIpc) is 2.53. The minimum atomic E-state index is -0.184. The molecule has 0 bridgehead atoms. The SMILES string of the molecule is Cl.Cl.Nc1nc(C2CCCN2)cc(=O)[nH]1. The Morgan fingerprint density at radius 1 is 1.47 bits per heavy atom. The van der Waals surface area contributed by atoms with Crippen molar-refractivity contribution < 1.29 is 0 Å². The zero-order valence-corrected chi connectivity index (χ0v) is 9.66. The highest BCUT2D eigenvalue weighted by atomic mass is 35.5. The first kappa shape index (κ1) is 14.2. The molecule has 1 aliphatic heterocycles. The van der Waals surface area contributed by atoms with Gasteiger partial charge in [0.25, 0.3) is 5.56 Å². The molecule has 1 aromatic rings. The van der Waals surface area contributed by atoms with Gasteiger partial charge in [0.2, 0.25) is 5.95 Å². The number of nitrogens with two attached hydrogens (primary N) is 1. The van der Waals surface area contributed by atoms with Crippen molar-refractivity contribution >= 4 is 30.8 Å². The maximum atomic E-state index is 11.1. The smallest absolute Gasteiger partial charge is 0.252 e. The normalized spacial score (nSPS) is 19.1. The first-order chi connectivity index (χ1) is 6.25. The fourth-order valence-electron chi connectivity index (χ4n) is 1.61. The number of aromatic nitrogens is 2. The van der Waals surface area contributed by atoms with Gasteiger partial charge in [0.15, 0.2) is 0 Å². The number of hydrogen-bond acceptors (Lipinski definition) is 4. The summed E-state index contributed by atoms with van der Waals surface area (Å²) in [6.45, 7) is 0.985. The molecule has 1 unspecified atom stereocenters. The van der Waals surface area contributed by atoms with Crippen molar-refractivity contribution in [1.29, 1.82) is 0 Å². The third kappa shape index (κ3) is 3.37. The van der Waals surface area contributed by atoms with E-state index in [2.05, 4.69) is 15.3 Å². The summed E-state index contributed by atoms with van der Waals surface area (Å²) in [6.07, 6.45) is 2.15. The molecule has 0 saturated carbocycles. The van der Waals surface area contributed by atoms with Crippen LogP contribution < -0.4 is 16.6 Å². The van der Waals surface area contributed by atoms with E-state index in [1.807, 2.05) is 0 Å². The second kappa shape index (κ2) is 5.95. The molecule has 1 aliphatic rings. The molecule has 1 fully saturated rings. The van der Waals surface area contributed by atoms with Crippen LogP contribution >= 0.6 is 24.8 Å². The van der Waals surface area contributed by atoms with Crippen molar-refractivity contribution in [3.8, 4) is 0 Å². The molecule has 0 radical (unpaired) electrons. The van der Waals surface area contributed by atoms with E-state index < -0.39 is 0 Å². The van der Waals surface area contributed by atoms with Crippen LogP contribution in [-0.2, 0) is 0 Å². The molecular formula is C8H14Cl2N4O. The van der Waals surface area contributed by atoms with Gasteiger partial charge < -0.3 is 11.1 Å². The largest absolute Gasteiger partial charge is 0.369 e. The molecule has 0 spiro atoms. The van der Waals surface area contributed by atoms with Crippen molar-refractivity contribution in [3.63, 3.8) is 0 Å². The van der Waals surface area contributed by atoms with Crippen LogP contribution in [0.4, 0.5) is 5.95 Å². The minimum absolute atomic E-state index is 0. The summed E-state index contributed by atoms with van der Waals surface area (Å²) in [7, 11) is 0. The summed E-state index contributed by atoms with van der Waals surface area (Å²) < 4.78 is 0. The number of nitrogens with one attached hydrogen (secondary N) is 2. The first-order valence-electron chi connectivity index (χ1n) is 4.36. The van der Waals surface area contributed by atoms with Crippen molar-refractivity contribution in [1.82, 2.24) is 15.3 Å². The van der Waals surface area contributed by atoms with E-state index in [0.717, 1.165) is 25.1 Å². The summed E-state index contributed by atoms with van der Waals surface area (Å²) in [5.74, 6) is 0.191. The van der Waals surface area contributed by atoms with Crippen LogP contribution in [0.3, 0.4) is 0 Å². The van der Waals surface area contributed by atoms with E-state index in [1.54, 1.807) is 0 Å². The molecule has 0 amide bonds. The maximum absolute atomic E-state index is 11.1. The van der Waals surface area contributed by atoms with Crippen LogP contribution in [0.2, 0.25) is 0 Å². The van der Waals surface area contributed by atoms with Gasteiger partial charge in [0.1, 0.15) is 0 Å². The fraction of sp³-hybridized carbons (Fsp3) is 0.500. The van der Waals surface area contributed by atoms with E-state index in [-0.39, 0.29) is 42.4 Å². The molecule has 0 aromatic carbocycles. The molecule has 5 nitrogen and oxygen atoms in total. The van der Waals surface area contributed by atoms with Crippen LogP contribution in [0.5, 0.6) is 0 Å². The van der Waals surface area contributed by atoms with Gasteiger partial charge >= 0.3 is 0 Å². The van der Waals surface area contributed by atoms with E-state index in [1.165, 1.54) is 6.07 Å². The summed E-state index contributed by atoms with van der Waals surface area (Å²) >= 11 is 0. The number of rotatable bonds is 1. The molecule has 15 heavy (non-hydrogen) atoms. The maximum Gasteiger partial charge on any atom is 0.252 e. The Labute approximate surface area is 99.7 Å². The lowest BCUT2D eigenvalue weighted by atomic mass is 10.1. The van der Waals surface area contributed by atoms with Gasteiger partial charge in [-0.3, -0.25) is 9.78 Å². The number of H-pyrrole nitrogens is 1. The number of nitrogen functional groups attached to an aromatic ring is 1. The van der Waals surface area contributed by atoms with Crippen molar-refractivity contribution in [3.05, 3.63) is 22.1 Å². The van der Waals surface area contributed by atoms with Crippen LogP contribution in [0.1, 0.15) is 24.6 Å². The van der Waals surface area contributed by atoms with Gasteiger partial charge in [0, 0.05) is 12.1 Å². The summed E-state index contributed by atoms with van der Waals surface area (Å²) in [5.41, 5.74) is 6.00. The Balaban J connectivity index is 0.000000980. The molecule has 86 valence electrons. The predicted octanol–water partition coefficient (Wildman–Crippen LogP) is 0.620. The van der Waals surface area contributed by atoms with Crippen molar-refractivity contribution in [2.24, 2.45) is 0 Å². The van der Waals surface area contributed by atoms with Crippen LogP contribution in [-0.4, -0.2) is 16.5 Å². The second-order valence-corrected chi connectivity index (χ2v) is 3.20. The molecule has 0 aliphatic carbocycles. The topological polar surface area (TPSA) is 83.8 Å². The van der Waals surface area contributed by atoms with Gasteiger partial charge in [-0.1, -0.05) is 0 Å². The van der Waals surface area contributed by atoms with Gasteiger partial charge in [-0.15, -0.1) is 24.8 Å². The lowest BCUT2D eigenvalue weighted by Gasteiger charge is -2.08. The Morgan fingerprint density at radius 3 is 2.73 bits per heavy atom. The number of halogens is 2. The van der Waals surface area contributed by atoms with Gasteiger partial charge in [-0.05, 0) is 19.4 Å². The Bertz CT molecular complexity index is 362. The van der Waals surface area contributed by atoms with E-state index >= 15 is 0 Å². The molecule has 4 N–H and O–H groups in total. The first-order valence-corrected chi connectivity index (χ1v) is 4.36. The zero-order valence-electron chi connectivity index (χ0n) is 8.03. The van der Waals surface area contributed by atoms with Crippen LogP contribution in [0.25, 0.3) is 0 Å². The zero-order chi connectivity index (χ0) is 9.26. The van der Waals surface area contributed by atoms with E-state index in [0.29, 0.717) is 0 Å². The molecule has 1 atom stereocenters. The average molecular weight is 253 g/mol. The highest BCUT2D eigenvalue weighted by molar-refractivity contribution is 5.85. The van der Waals surface area contributed by atoms with Crippen LogP contribution in [0, 0.1) is 0 Å². The van der Waals surface area contributed by atoms with Gasteiger partial charge in [-0.25, -0.2) is 4.98 Å². The number of nitrogens with zero attached hydrogens (tertiary/aromatic N) is 1. The molecule has 1 saturated heterocycles. The lowest BCUT2D eigenvalue weighted by Crippen LogP contribution is -2.19. The third-order valence-corrected chi connectivity index (χ3v) is 2.20. The number of aromatic amines is 1. The van der Waals surface area contributed by atoms with Crippen LogP contribution in [0.15, 0.2) is 10.9 Å². The summed E-state index contributed by atoms with van der Waals surface area (Å²) in [5, 5.41) is 3.26. The monoisotopic (exact) mass is 252 g/mol. The molecule has 7 heteroatoms. The highest BCUT2D eigenvalue weighted by Gasteiger charge is 2.17. The molecule has 1 aromatic heterocycles. The van der Waals surface area contributed by atoms with Gasteiger partial charge in [-0.2, -0.15) is 0 Å². The highest BCUT2D eigenvalue weighted by Crippen LogP contribution is 2.19. The Kier molecular flexibility index (Phi) is 5.64. The summed E-state index contributed by atoms with van der Waals surface area (Å²) in [6, 6.07) is 1.70. The second-order valence-electron chi connectivity index (χ2n) is 3.20. The van der Waals surface area contributed by atoms with Crippen molar-refractivity contribution in [2.75, 3.05) is 12.3 Å². The molecular weight excluding hydrogens is 239 g/mol. The quantitative estimate of drug-likeness (QED) is 0.685. The Morgan fingerprint density at radius 2 is 2.20 bits per heavy atom. The number of hydrogen-bond donors (Lipinski definition) is 3. The standard InChI is InChI=1S/C8H12N4O.2ClH/c9-8-11-6(4-7(13)12-8)5-2-1-3-10-5;;/h4-5,10H,1-3H2,(H3,9,11,12,13);2*1H. The Hall–Kier alpha value is -0.780. The lowest BCUT2D eigenvalue weighted by molar-refractivity contribution is 0.625. The third-order valence-electron chi connectivity index (χ3n) is 2.20. The molecule has 2 heterocycles. The van der Waals surface area contributed by atoms with E-state index in [9.17, 15) is 4.79 Å².